The first kappa shape index (κ1) is 13.9. The Morgan fingerprint density at radius 1 is 1.38 bits per heavy atom. The van der Waals surface area contributed by atoms with E-state index in [0.717, 1.165) is 23.5 Å². The number of benzene rings is 1. The number of nitrogens with two attached hydrogens (primary N) is 1. The summed E-state index contributed by atoms with van der Waals surface area (Å²) in [7, 11) is 0. The minimum atomic E-state index is -0.237. The fourth-order valence-corrected chi connectivity index (χ4v) is 2.64. The number of rotatable bonds is 5. The van der Waals surface area contributed by atoms with Crippen LogP contribution in [0.4, 0.5) is 0 Å². The summed E-state index contributed by atoms with van der Waals surface area (Å²) in [5.74, 6) is 1.19. The van der Waals surface area contributed by atoms with Gasteiger partial charge in [0.25, 0.3) is 0 Å². The third-order valence-corrected chi connectivity index (χ3v) is 4.29. The summed E-state index contributed by atoms with van der Waals surface area (Å²) in [6, 6.07) is 5.42. The lowest BCUT2D eigenvalue weighted by atomic mass is 10.1. The molecule has 0 bridgehead atoms. The van der Waals surface area contributed by atoms with Crippen LogP contribution in [0.3, 0.4) is 0 Å². The lowest BCUT2D eigenvalue weighted by Gasteiger charge is -2.04. The highest BCUT2D eigenvalue weighted by atomic mass is 32.2. The Bertz CT molecular complexity index is 756. The summed E-state index contributed by atoms with van der Waals surface area (Å²) >= 11 is 1.38. The van der Waals surface area contributed by atoms with E-state index in [0.29, 0.717) is 22.1 Å². The molecule has 0 aliphatic heterocycles. The molecule has 0 saturated heterocycles. The maximum absolute atomic E-state index is 11.2. The quantitative estimate of drug-likeness (QED) is 0.498. The summed E-state index contributed by atoms with van der Waals surface area (Å²) in [6.07, 6.45) is 2.51. The van der Waals surface area contributed by atoms with E-state index in [1.54, 1.807) is 12.1 Å². The van der Waals surface area contributed by atoms with E-state index in [-0.39, 0.29) is 5.69 Å². The molecule has 21 heavy (non-hydrogen) atoms. The molecule has 0 atom stereocenters. The first-order chi connectivity index (χ1) is 10.1. The molecule has 2 aromatic rings. The van der Waals surface area contributed by atoms with Crippen LogP contribution >= 0.6 is 11.8 Å². The second-order valence-corrected chi connectivity index (χ2v) is 6.22. The molecule has 6 nitrogen and oxygen atoms in total. The average Bonchev–Trinajstić information content (AvgIpc) is 3.22. The Kier molecular flexibility index (Phi) is 3.83. The molecular weight excluding hydrogens is 286 g/mol. The van der Waals surface area contributed by atoms with Crippen molar-refractivity contribution in [2.45, 2.75) is 12.8 Å². The molecule has 110 valence electrons. The molecule has 0 spiro atoms. The molecule has 1 aromatic heterocycles. The van der Waals surface area contributed by atoms with Crippen molar-refractivity contribution >= 4 is 33.7 Å². The molecule has 0 radical (unpaired) electrons. The van der Waals surface area contributed by atoms with Gasteiger partial charge in [0.15, 0.2) is 5.17 Å². The molecule has 7 heteroatoms. The van der Waals surface area contributed by atoms with Gasteiger partial charge in [0.05, 0.1) is 11.0 Å². The number of hydrogen-bond acceptors (Lipinski definition) is 4. The highest BCUT2D eigenvalue weighted by Crippen LogP contribution is 2.29. The number of aromatic nitrogens is 2. The van der Waals surface area contributed by atoms with Gasteiger partial charge in [-0.1, -0.05) is 17.8 Å². The third kappa shape index (κ3) is 3.55. The lowest BCUT2D eigenvalue weighted by molar-refractivity contribution is 0.849. The predicted molar refractivity (Wildman–Crippen MR) is 87.4 cm³/mol. The fraction of sp³-hybridized carbons (Fsp3) is 0.357. The molecule has 3 rings (SSSR count). The molecule has 1 heterocycles. The number of nitrogens with zero attached hydrogens (tertiary/aromatic N) is 1. The standard InChI is InChI=1S/C14H17N5OS/c15-10(7-21-13(16)17-6-8-1-2-8)9-3-4-11-12(5-9)19-14(20)18-11/h3-5,8,15H,1-2,6-7H2,(H2,16,17)(H2,18,19,20). The average molecular weight is 303 g/mol. The second-order valence-electron chi connectivity index (χ2n) is 5.23. The van der Waals surface area contributed by atoms with Gasteiger partial charge in [0.1, 0.15) is 0 Å². The van der Waals surface area contributed by atoms with Crippen molar-refractivity contribution in [3.63, 3.8) is 0 Å². The van der Waals surface area contributed by atoms with Gasteiger partial charge in [-0.15, -0.1) is 0 Å². The lowest BCUT2D eigenvalue weighted by Crippen LogP contribution is -2.12. The summed E-state index contributed by atoms with van der Waals surface area (Å²) in [6.45, 7) is 0.808. The fourth-order valence-electron chi connectivity index (χ4n) is 2.01. The number of hydrogen-bond donors (Lipinski definition) is 4. The highest BCUT2D eigenvalue weighted by molar-refractivity contribution is 8.14. The maximum atomic E-state index is 11.2. The number of aliphatic imine (C=N–C) groups is 1. The number of aromatic amines is 2. The first-order valence-corrected chi connectivity index (χ1v) is 7.83. The van der Waals surface area contributed by atoms with E-state index in [1.165, 1.54) is 24.6 Å². The van der Waals surface area contributed by atoms with Crippen molar-refractivity contribution in [1.29, 1.82) is 5.41 Å². The highest BCUT2D eigenvalue weighted by Gasteiger charge is 2.20. The smallest absolute Gasteiger partial charge is 0.323 e. The van der Waals surface area contributed by atoms with Gasteiger partial charge in [-0.05, 0) is 36.5 Å². The predicted octanol–water partition coefficient (Wildman–Crippen LogP) is 1.68. The van der Waals surface area contributed by atoms with Crippen LogP contribution in [0.5, 0.6) is 0 Å². The van der Waals surface area contributed by atoms with Crippen molar-refractivity contribution in [3.8, 4) is 0 Å². The zero-order valence-corrected chi connectivity index (χ0v) is 12.3. The second kappa shape index (κ2) is 5.77. The number of nitrogens with one attached hydrogen (secondary N) is 3. The van der Waals surface area contributed by atoms with Gasteiger partial charge in [0, 0.05) is 18.0 Å². The van der Waals surface area contributed by atoms with E-state index in [2.05, 4.69) is 15.0 Å². The van der Waals surface area contributed by atoms with E-state index < -0.39 is 0 Å². The largest absolute Gasteiger partial charge is 0.379 e. The number of imidazole rings is 1. The van der Waals surface area contributed by atoms with Crippen LogP contribution in [-0.2, 0) is 0 Å². The van der Waals surface area contributed by atoms with Gasteiger partial charge >= 0.3 is 5.69 Å². The summed E-state index contributed by atoms with van der Waals surface area (Å²) < 4.78 is 0. The zero-order valence-electron chi connectivity index (χ0n) is 11.5. The summed E-state index contributed by atoms with van der Waals surface area (Å²) in [5, 5.41) is 8.64. The van der Waals surface area contributed by atoms with E-state index in [4.69, 9.17) is 11.1 Å². The van der Waals surface area contributed by atoms with Crippen LogP contribution in [0.2, 0.25) is 0 Å². The topological polar surface area (TPSA) is 111 Å². The monoisotopic (exact) mass is 303 g/mol. The van der Waals surface area contributed by atoms with Crippen LogP contribution in [-0.4, -0.2) is 33.1 Å². The minimum Gasteiger partial charge on any atom is -0.379 e. The van der Waals surface area contributed by atoms with Gasteiger partial charge in [0.2, 0.25) is 0 Å². The Morgan fingerprint density at radius 2 is 2.14 bits per heavy atom. The molecular formula is C14H17N5OS. The zero-order chi connectivity index (χ0) is 14.8. The van der Waals surface area contributed by atoms with Crippen LogP contribution in [0.25, 0.3) is 11.0 Å². The maximum Gasteiger partial charge on any atom is 0.323 e. The van der Waals surface area contributed by atoms with Crippen LogP contribution in [0, 0.1) is 11.3 Å². The Hall–Kier alpha value is -2.02. The number of amidine groups is 1. The molecule has 1 aliphatic rings. The minimum absolute atomic E-state index is 0.237. The summed E-state index contributed by atoms with van der Waals surface area (Å²) in [5.41, 5.74) is 8.30. The number of thioether (sulfide) groups is 1. The van der Waals surface area contributed by atoms with Crippen molar-refractivity contribution in [2.24, 2.45) is 16.6 Å². The van der Waals surface area contributed by atoms with E-state index in [9.17, 15) is 4.79 Å². The normalized spacial score (nSPS) is 15.5. The molecule has 1 fully saturated rings. The molecule has 0 amide bonds. The Balaban J connectivity index is 1.62. The van der Waals surface area contributed by atoms with Gasteiger partial charge in [-0.2, -0.15) is 0 Å². The van der Waals surface area contributed by atoms with Crippen LogP contribution in [0.1, 0.15) is 18.4 Å². The molecule has 0 unspecified atom stereocenters. The summed E-state index contributed by atoms with van der Waals surface area (Å²) in [4.78, 5) is 20.9. The van der Waals surface area contributed by atoms with Gasteiger partial charge in [-0.25, -0.2) is 4.79 Å². The van der Waals surface area contributed by atoms with Crippen LogP contribution < -0.4 is 11.4 Å². The van der Waals surface area contributed by atoms with E-state index in [1.807, 2.05) is 6.07 Å². The third-order valence-electron chi connectivity index (χ3n) is 3.43. The van der Waals surface area contributed by atoms with Crippen molar-refractivity contribution in [1.82, 2.24) is 9.97 Å². The van der Waals surface area contributed by atoms with Gasteiger partial charge in [-0.3, -0.25) is 4.99 Å². The number of H-pyrrole nitrogens is 2. The first-order valence-electron chi connectivity index (χ1n) is 6.84. The Labute approximate surface area is 125 Å². The van der Waals surface area contributed by atoms with Crippen molar-refractivity contribution in [3.05, 3.63) is 34.2 Å². The molecule has 1 aliphatic carbocycles. The van der Waals surface area contributed by atoms with E-state index >= 15 is 0 Å². The molecule has 1 saturated carbocycles. The SMILES string of the molecule is N=C(CSC(N)=NCC1CC1)c1ccc2[nH]c(=O)[nH]c2c1. The molecule has 1 aromatic carbocycles. The van der Waals surface area contributed by atoms with Crippen LogP contribution in [0.15, 0.2) is 28.0 Å². The number of fused-ring (bicyclic) bond motifs is 1. The van der Waals surface area contributed by atoms with Crippen molar-refractivity contribution < 1.29 is 0 Å². The Morgan fingerprint density at radius 3 is 2.90 bits per heavy atom. The molecule has 5 N–H and O–H groups in total. The van der Waals surface area contributed by atoms with Crippen molar-refractivity contribution in [2.75, 3.05) is 12.3 Å². The van der Waals surface area contributed by atoms with Gasteiger partial charge < -0.3 is 21.1 Å².